The molecule has 0 aliphatic carbocycles. The Kier molecular flexibility index (Phi) is 3.94. The summed E-state index contributed by atoms with van der Waals surface area (Å²) < 4.78 is 0. The summed E-state index contributed by atoms with van der Waals surface area (Å²) in [6, 6.07) is -1.55. The minimum absolute atomic E-state index is 0.195. The van der Waals surface area contributed by atoms with Gasteiger partial charge in [-0.2, -0.15) is 0 Å². The number of nitrogens with zero attached hydrogens (tertiary/aromatic N) is 2. The summed E-state index contributed by atoms with van der Waals surface area (Å²) >= 11 is 0. The SMILES string of the molecule is C#CCC(C)NC(=O)N1Cc2[nH]cnc2CC1C(=O)O. The average Bonchev–Trinajstić information content (AvgIpc) is 2.84. The second-order valence-corrected chi connectivity index (χ2v) is 4.77. The molecule has 2 rings (SSSR count). The van der Waals surface area contributed by atoms with E-state index >= 15 is 0 Å². The van der Waals surface area contributed by atoms with E-state index in [1.54, 1.807) is 6.92 Å². The molecule has 20 heavy (non-hydrogen) atoms. The number of aromatic nitrogens is 2. The molecule has 7 nitrogen and oxygen atoms in total. The van der Waals surface area contributed by atoms with Crippen LogP contribution < -0.4 is 5.32 Å². The van der Waals surface area contributed by atoms with Gasteiger partial charge < -0.3 is 20.3 Å². The number of nitrogens with one attached hydrogen (secondary N) is 2. The Morgan fingerprint density at radius 1 is 1.75 bits per heavy atom. The number of aromatic amines is 1. The third kappa shape index (κ3) is 2.74. The van der Waals surface area contributed by atoms with Crippen molar-refractivity contribution in [3.8, 4) is 12.3 Å². The van der Waals surface area contributed by atoms with Crippen molar-refractivity contribution in [3.05, 3.63) is 17.7 Å². The number of aliphatic carboxylic acids is 1. The summed E-state index contributed by atoms with van der Waals surface area (Å²) in [5.41, 5.74) is 1.46. The molecule has 106 valence electrons. The van der Waals surface area contributed by atoms with Crippen molar-refractivity contribution in [1.29, 1.82) is 0 Å². The van der Waals surface area contributed by atoms with Crippen molar-refractivity contribution < 1.29 is 14.7 Å². The lowest BCUT2D eigenvalue weighted by molar-refractivity contribution is -0.142. The van der Waals surface area contributed by atoms with Gasteiger partial charge in [0.05, 0.1) is 24.3 Å². The number of amides is 2. The molecule has 2 unspecified atom stereocenters. The molecule has 0 saturated heterocycles. The first-order valence-electron chi connectivity index (χ1n) is 6.27. The minimum Gasteiger partial charge on any atom is -0.480 e. The highest BCUT2D eigenvalue weighted by molar-refractivity contribution is 5.83. The Morgan fingerprint density at radius 3 is 3.15 bits per heavy atom. The van der Waals surface area contributed by atoms with Gasteiger partial charge in [-0.15, -0.1) is 12.3 Å². The maximum atomic E-state index is 12.2. The molecule has 0 bridgehead atoms. The summed E-state index contributed by atoms with van der Waals surface area (Å²) in [4.78, 5) is 31.8. The van der Waals surface area contributed by atoms with E-state index in [-0.39, 0.29) is 19.0 Å². The molecule has 0 radical (unpaired) electrons. The van der Waals surface area contributed by atoms with Crippen LogP contribution in [-0.2, 0) is 17.8 Å². The van der Waals surface area contributed by atoms with Crippen LogP contribution >= 0.6 is 0 Å². The second-order valence-electron chi connectivity index (χ2n) is 4.77. The molecule has 0 aromatic carbocycles. The molecule has 1 aliphatic heterocycles. The zero-order chi connectivity index (χ0) is 14.7. The van der Waals surface area contributed by atoms with Crippen LogP contribution in [0.2, 0.25) is 0 Å². The first-order chi connectivity index (χ1) is 9.52. The molecule has 2 heterocycles. The second kappa shape index (κ2) is 5.65. The lowest BCUT2D eigenvalue weighted by Crippen LogP contribution is -2.53. The number of hydrogen-bond acceptors (Lipinski definition) is 3. The molecular weight excluding hydrogens is 260 g/mol. The van der Waals surface area contributed by atoms with Gasteiger partial charge in [0.15, 0.2) is 0 Å². The standard InChI is InChI=1S/C13H16N4O3/c1-3-4-8(2)16-13(20)17-6-10-9(14-7-15-10)5-11(17)12(18)19/h1,7-8,11H,4-6H2,2H3,(H,14,15)(H,16,20)(H,18,19). The monoisotopic (exact) mass is 276 g/mol. The van der Waals surface area contributed by atoms with E-state index in [0.717, 1.165) is 5.69 Å². The number of rotatable bonds is 3. The highest BCUT2D eigenvalue weighted by Crippen LogP contribution is 2.21. The van der Waals surface area contributed by atoms with Crippen molar-refractivity contribution in [1.82, 2.24) is 20.2 Å². The van der Waals surface area contributed by atoms with E-state index in [9.17, 15) is 14.7 Å². The van der Waals surface area contributed by atoms with E-state index in [0.29, 0.717) is 12.1 Å². The van der Waals surface area contributed by atoms with E-state index in [1.165, 1.54) is 11.2 Å². The van der Waals surface area contributed by atoms with Crippen LogP contribution in [0, 0.1) is 12.3 Å². The summed E-state index contributed by atoms with van der Waals surface area (Å²) in [5.74, 6) is 1.41. The van der Waals surface area contributed by atoms with Crippen molar-refractivity contribution in [2.24, 2.45) is 0 Å². The number of hydrogen-bond donors (Lipinski definition) is 3. The normalized spacial score (nSPS) is 18.8. The van der Waals surface area contributed by atoms with Crippen LogP contribution in [0.3, 0.4) is 0 Å². The molecule has 0 saturated carbocycles. The number of carboxylic acid groups (broad SMARTS) is 1. The Hall–Kier alpha value is -2.49. The molecule has 3 N–H and O–H groups in total. The van der Waals surface area contributed by atoms with E-state index < -0.39 is 18.0 Å². The van der Waals surface area contributed by atoms with E-state index in [1.807, 2.05) is 0 Å². The number of carboxylic acids is 1. The average molecular weight is 276 g/mol. The van der Waals surface area contributed by atoms with Gasteiger partial charge in [-0.3, -0.25) is 0 Å². The number of urea groups is 1. The van der Waals surface area contributed by atoms with Crippen molar-refractivity contribution in [3.63, 3.8) is 0 Å². The quantitative estimate of drug-likeness (QED) is 0.693. The molecule has 0 spiro atoms. The molecule has 7 heteroatoms. The highest BCUT2D eigenvalue weighted by atomic mass is 16.4. The fraction of sp³-hybridized carbons (Fsp3) is 0.462. The predicted molar refractivity (Wildman–Crippen MR) is 70.7 cm³/mol. The molecule has 0 fully saturated rings. The first kappa shape index (κ1) is 13.9. The lowest BCUT2D eigenvalue weighted by atomic mass is 10.0. The number of imidazole rings is 1. The molecule has 1 aliphatic rings. The summed E-state index contributed by atoms with van der Waals surface area (Å²) in [6.45, 7) is 1.97. The van der Waals surface area contributed by atoms with Crippen molar-refractivity contribution in [2.75, 3.05) is 0 Å². The van der Waals surface area contributed by atoms with Gasteiger partial charge >= 0.3 is 12.0 Å². The van der Waals surface area contributed by atoms with Gasteiger partial charge in [-0.25, -0.2) is 14.6 Å². The van der Waals surface area contributed by atoms with Crippen LogP contribution in [0.25, 0.3) is 0 Å². The predicted octanol–water partition coefficient (Wildman–Crippen LogP) is 0.342. The van der Waals surface area contributed by atoms with Crippen LogP contribution in [0.15, 0.2) is 6.33 Å². The number of carbonyl (C=O) groups excluding carboxylic acids is 1. The molecule has 1 aromatic rings. The van der Waals surface area contributed by atoms with Gasteiger partial charge in [-0.1, -0.05) is 0 Å². The third-order valence-electron chi connectivity index (χ3n) is 3.24. The fourth-order valence-corrected chi connectivity index (χ4v) is 2.19. The van der Waals surface area contributed by atoms with Gasteiger partial charge in [0.1, 0.15) is 6.04 Å². The number of carbonyl (C=O) groups is 2. The van der Waals surface area contributed by atoms with Gasteiger partial charge in [0.25, 0.3) is 0 Å². The van der Waals surface area contributed by atoms with E-state index in [4.69, 9.17) is 6.42 Å². The van der Waals surface area contributed by atoms with Gasteiger partial charge in [0.2, 0.25) is 0 Å². The summed E-state index contributed by atoms with van der Waals surface area (Å²) in [7, 11) is 0. The Bertz CT molecular complexity index is 560. The van der Waals surface area contributed by atoms with Gasteiger partial charge in [-0.05, 0) is 6.92 Å². The van der Waals surface area contributed by atoms with Crippen molar-refractivity contribution >= 4 is 12.0 Å². The lowest BCUT2D eigenvalue weighted by Gasteiger charge is -2.33. The third-order valence-corrected chi connectivity index (χ3v) is 3.24. The summed E-state index contributed by atoms with van der Waals surface area (Å²) in [5, 5.41) is 12.0. The number of terminal acetylenes is 1. The largest absolute Gasteiger partial charge is 0.480 e. The van der Waals surface area contributed by atoms with Crippen LogP contribution in [0.4, 0.5) is 4.79 Å². The topological polar surface area (TPSA) is 98.3 Å². The Morgan fingerprint density at radius 2 is 2.50 bits per heavy atom. The number of H-pyrrole nitrogens is 1. The zero-order valence-corrected chi connectivity index (χ0v) is 11.1. The van der Waals surface area contributed by atoms with Crippen LogP contribution in [0.5, 0.6) is 0 Å². The summed E-state index contributed by atoms with van der Waals surface area (Å²) in [6.07, 6.45) is 7.29. The Labute approximate surface area is 116 Å². The van der Waals surface area contributed by atoms with E-state index in [2.05, 4.69) is 21.2 Å². The van der Waals surface area contributed by atoms with Crippen LogP contribution in [-0.4, -0.2) is 44.1 Å². The van der Waals surface area contributed by atoms with Crippen molar-refractivity contribution in [2.45, 2.75) is 38.4 Å². The molecule has 2 atom stereocenters. The fourth-order valence-electron chi connectivity index (χ4n) is 2.19. The maximum Gasteiger partial charge on any atom is 0.326 e. The molecule has 1 aromatic heterocycles. The maximum absolute atomic E-state index is 12.2. The number of fused-ring (bicyclic) bond motifs is 1. The first-order valence-corrected chi connectivity index (χ1v) is 6.27. The molecule has 2 amide bonds. The highest BCUT2D eigenvalue weighted by Gasteiger charge is 2.36. The smallest absolute Gasteiger partial charge is 0.326 e. The minimum atomic E-state index is -1.04. The Balaban J connectivity index is 2.14. The van der Waals surface area contributed by atoms with Gasteiger partial charge in [0, 0.05) is 18.9 Å². The van der Waals surface area contributed by atoms with Crippen LogP contribution in [0.1, 0.15) is 24.7 Å². The zero-order valence-electron chi connectivity index (χ0n) is 11.1. The molecular formula is C13H16N4O3.